The van der Waals surface area contributed by atoms with Crippen LogP contribution in [-0.2, 0) is 4.79 Å². The summed E-state index contributed by atoms with van der Waals surface area (Å²) >= 11 is 2.81. The van der Waals surface area contributed by atoms with E-state index in [4.69, 9.17) is 0 Å². The molecule has 0 fully saturated rings. The van der Waals surface area contributed by atoms with Crippen molar-refractivity contribution in [3.63, 3.8) is 0 Å². The van der Waals surface area contributed by atoms with E-state index in [1.54, 1.807) is 36.7 Å². The molecule has 0 saturated carbocycles. The van der Waals surface area contributed by atoms with E-state index in [9.17, 15) is 9.59 Å². The van der Waals surface area contributed by atoms with Crippen molar-refractivity contribution in [2.45, 2.75) is 12.5 Å². The molecule has 3 N–H and O–H groups in total. The van der Waals surface area contributed by atoms with Gasteiger partial charge in [0.1, 0.15) is 5.70 Å². The minimum Gasteiger partial charge on any atom is -0.348 e. The van der Waals surface area contributed by atoms with Crippen LogP contribution in [0.1, 0.15) is 21.0 Å². The summed E-state index contributed by atoms with van der Waals surface area (Å²) in [6.45, 7) is 0. The zero-order valence-electron chi connectivity index (χ0n) is 16.3. The Morgan fingerprint density at radius 1 is 1.06 bits per heavy atom. The minimum atomic E-state index is -0.382. The Morgan fingerprint density at radius 2 is 1.87 bits per heavy atom. The molecule has 3 aromatic rings. The number of carbonyl (C=O) groups excluding carboxylic acids is 2. The third kappa shape index (κ3) is 5.74. The second-order valence-electron chi connectivity index (χ2n) is 6.54. The van der Waals surface area contributed by atoms with Gasteiger partial charge in [-0.2, -0.15) is 0 Å². The molecule has 0 radical (unpaired) electrons. The molecule has 3 aromatic heterocycles. The topological polar surface area (TPSA) is 96.0 Å². The van der Waals surface area contributed by atoms with Crippen molar-refractivity contribution in [3.8, 4) is 0 Å². The van der Waals surface area contributed by atoms with Gasteiger partial charge in [0.2, 0.25) is 5.95 Å². The molecule has 1 aliphatic carbocycles. The summed E-state index contributed by atoms with van der Waals surface area (Å²) in [6.07, 6.45) is 11.4. The summed E-state index contributed by atoms with van der Waals surface area (Å²) in [5.41, 5.74) is 0.854. The first-order valence-electron chi connectivity index (χ1n) is 9.51. The monoisotopic (exact) mass is 449 g/mol. The maximum absolute atomic E-state index is 12.9. The van der Waals surface area contributed by atoms with Gasteiger partial charge in [0.25, 0.3) is 11.8 Å². The summed E-state index contributed by atoms with van der Waals surface area (Å²) in [4.78, 5) is 35.1. The van der Waals surface area contributed by atoms with Gasteiger partial charge in [0.15, 0.2) is 0 Å². The Balaban J connectivity index is 1.41. The van der Waals surface area contributed by atoms with Crippen LogP contribution in [0.15, 0.2) is 83.1 Å². The van der Waals surface area contributed by atoms with Crippen molar-refractivity contribution in [2.24, 2.45) is 0 Å². The largest absolute Gasteiger partial charge is 0.348 e. The van der Waals surface area contributed by atoms with Crippen molar-refractivity contribution in [1.29, 1.82) is 0 Å². The number of thiophene rings is 2. The molecule has 156 valence electrons. The van der Waals surface area contributed by atoms with Crippen LogP contribution in [0.5, 0.6) is 0 Å². The molecule has 31 heavy (non-hydrogen) atoms. The highest BCUT2D eigenvalue weighted by molar-refractivity contribution is 7.12. The molecule has 1 unspecified atom stereocenters. The molecule has 0 aliphatic heterocycles. The number of hydrogen-bond acceptors (Lipinski definition) is 7. The van der Waals surface area contributed by atoms with Crippen LogP contribution in [0.4, 0.5) is 5.95 Å². The maximum Gasteiger partial charge on any atom is 0.272 e. The van der Waals surface area contributed by atoms with E-state index < -0.39 is 0 Å². The first-order valence-corrected chi connectivity index (χ1v) is 11.3. The fourth-order valence-corrected chi connectivity index (χ4v) is 4.10. The Morgan fingerprint density at radius 3 is 2.55 bits per heavy atom. The number of nitrogens with zero attached hydrogens (tertiary/aromatic N) is 2. The number of aromatic nitrogens is 2. The Bertz CT molecular complexity index is 1120. The zero-order chi connectivity index (χ0) is 21.5. The summed E-state index contributed by atoms with van der Waals surface area (Å²) in [7, 11) is 0. The van der Waals surface area contributed by atoms with Gasteiger partial charge in [-0.15, -0.1) is 22.7 Å². The first kappa shape index (κ1) is 20.7. The fourth-order valence-electron chi connectivity index (χ4n) is 2.82. The molecular weight excluding hydrogens is 430 g/mol. The minimum absolute atomic E-state index is 0.0303. The van der Waals surface area contributed by atoms with Crippen molar-refractivity contribution < 1.29 is 9.59 Å². The average molecular weight is 450 g/mol. The second kappa shape index (κ2) is 9.96. The van der Waals surface area contributed by atoms with Gasteiger partial charge in [-0.3, -0.25) is 9.59 Å². The lowest BCUT2D eigenvalue weighted by molar-refractivity contribution is -0.117. The van der Waals surface area contributed by atoms with E-state index >= 15 is 0 Å². The first-order chi connectivity index (χ1) is 15.2. The van der Waals surface area contributed by atoms with Gasteiger partial charge in [-0.25, -0.2) is 9.97 Å². The summed E-state index contributed by atoms with van der Waals surface area (Å²) in [5, 5.41) is 12.6. The molecule has 0 aromatic carbocycles. The predicted octanol–water partition coefficient (Wildman–Crippen LogP) is 3.81. The SMILES string of the molecule is O=C(NC1=CCC(Nc2ncccn2)C=C1)/C(=C\c1cccs1)NC(=O)c1cccs1. The molecule has 0 spiro atoms. The number of nitrogens with one attached hydrogen (secondary N) is 3. The molecule has 0 bridgehead atoms. The summed E-state index contributed by atoms with van der Waals surface area (Å²) < 4.78 is 0. The molecule has 2 amide bonds. The third-order valence-corrected chi connectivity index (χ3v) is 5.99. The Hall–Kier alpha value is -3.56. The van der Waals surface area contributed by atoms with E-state index in [0.717, 1.165) is 4.88 Å². The lowest BCUT2D eigenvalue weighted by atomic mass is 10.1. The number of allylic oxidation sites excluding steroid dienone is 1. The zero-order valence-corrected chi connectivity index (χ0v) is 18.0. The summed E-state index contributed by atoms with van der Waals surface area (Å²) in [5.74, 6) is -0.143. The van der Waals surface area contributed by atoms with Gasteiger partial charge < -0.3 is 16.0 Å². The number of hydrogen-bond donors (Lipinski definition) is 3. The van der Waals surface area contributed by atoms with Gasteiger partial charge in [0.05, 0.1) is 10.9 Å². The number of rotatable bonds is 7. The molecule has 1 atom stereocenters. The number of anilines is 1. The van der Waals surface area contributed by atoms with Crippen LogP contribution in [0, 0.1) is 0 Å². The second-order valence-corrected chi connectivity index (χ2v) is 8.46. The Labute approximate surface area is 187 Å². The van der Waals surface area contributed by atoms with Crippen LogP contribution in [0.3, 0.4) is 0 Å². The fraction of sp³-hybridized carbons (Fsp3) is 0.0909. The molecule has 0 saturated heterocycles. The Kier molecular flexibility index (Phi) is 6.65. The smallest absolute Gasteiger partial charge is 0.272 e. The molecule has 4 rings (SSSR count). The molecule has 3 heterocycles. The van der Waals surface area contributed by atoms with E-state index in [0.29, 0.717) is 22.9 Å². The normalized spacial score (nSPS) is 15.8. The highest BCUT2D eigenvalue weighted by Gasteiger charge is 2.17. The third-order valence-electron chi connectivity index (χ3n) is 4.31. The van der Waals surface area contributed by atoms with E-state index in [1.165, 1.54) is 22.7 Å². The average Bonchev–Trinajstić information content (AvgIpc) is 3.50. The van der Waals surface area contributed by atoms with Gasteiger partial charge >= 0.3 is 0 Å². The van der Waals surface area contributed by atoms with Crippen LogP contribution in [0.25, 0.3) is 6.08 Å². The van der Waals surface area contributed by atoms with Crippen molar-refractivity contribution in [2.75, 3.05) is 5.32 Å². The lowest BCUT2D eigenvalue weighted by Gasteiger charge is -2.18. The van der Waals surface area contributed by atoms with Crippen molar-refractivity contribution in [3.05, 3.63) is 92.9 Å². The van der Waals surface area contributed by atoms with Crippen LogP contribution < -0.4 is 16.0 Å². The highest BCUT2D eigenvalue weighted by atomic mass is 32.1. The van der Waals surface area contributed by atoms with E-state index in [-0.39, 0.29) is 23.6 Å². The van der Waals surface area contributed by atoms with Crippen molar-refractivity contribution >= 4 is 46.5 Å². The van der Waals surface area contributed by atoms with E-state index in [1.807, 2.05) is 41.1 Å². The highest BCUT2D eigenvalue weighted by Crippen LogP contribution is 2.16. The molecule has 9 heteroatoms. The van der Waals surface area contributed by atoms with Gasteiger partial charge in [0, 0.05) is 23.0 Å². The summed E-state index contributed by atoms with van der Waals surface area (Å²) in [6, 6.07) is 9.08. The van der Waals surface area contributed by atoms with Gasteiger partial charge in [-0.05, 0) is 47.5 Å². The van der Waals surface area contributed by atoms with Gasteiger partial charge in [-0.1, -0.05) is 24.3 Å². The van der Waals surface area contributed by atoms with Crippen LogP contribution in [-0.4, -0.2) is 27.8 Å². The van der Waals surface area contributed by atoms with Crippen molar-refractivity contribution in [1.82, 2.24) is 20.6 Å². The number of carbonyl (C=O) groups is 2. The lowest BCUT2D eigenvalue weighted by Crippen LogP contribution is -2.34. The van der Waals surface area contributed by atoms with Crippen LogP contribution >= 0.6 is 22.7 Å². The predicted molar refractivity (Wildman–Crippen MR) is 124 cm³/mol. The molecule has 7 nitrogen and oxygen atoms in total. The quantitative estimate of drug-likeness (QED) is 0.477. The van der Waals surface area contributed by atoms with E-state index in [2.05, 4.69) is 25.9 Å². The maximum atomic E-state index is 12.9. The standard InChI is InChI=1S/C22H19N5O2S2/c28-20(25-15-6-8-16(9-7-15)26-22-23-10-3-11-24-22)18(14-17-4-1-12-30-17)27-21(29)19-5-2-13-31-19/h1-8,10-14,16H,9H2,(H,25,28)(H,27,29)(H,23,24,26)/b18-14+. The number of amides is 2. The molecular formula is C22H19N5O2S2. The van der Waals surface area contributed by atoms with Crippen LogP contribution in [0.2, 0.25) is 0 Å². The molecule has 1 aliphatic rings.